The van der Waals surface area contributed by atoms with Crippen molar-refractivity contribution in [3.8, 4) is 0 Å². The molecule has 0 saturated carbocycles. The highest BCUT2D eigenvalue weighted by molar-refractivity contribution is 7.89. The summed E-state index contributed by atoms with van der Waals surface area (Å²) in [6, 6.07) is 3.01. The molecule has 3 N–H and O–H groups in total. The number of nitrogens with one attached hydrogen (secondary N) is 1. The molecule has 0 aliphatic carbocycles. The third-order valence-corrected chi connectivity index (χ3v) is 3.80. The Morgan fingerprint density at radius 3 is 2.67 bits per heavy atom. The molecule has 1 aromatic heterocycles. The van der Waals surface area contributed by atoms with Crippen LogP contribution in [0, 0.1) is 0 Å². The molecule has 2 rings (SSSR count). The first-order chi connectivity index (χ1) is 8.55. The summed E-state index contributed by atoms with van der Waals surface area (Å²) < 4.78 is 27.1. The van der Waals surface area contributed by atoms with E-state index in [-0.39, 0.29) is 5.09 Å². The molecule has 1 fully saturated rings. The summed E-state index contributed by atoms with van der Waals surface area (Å²) in [5.74, 6) is 0.584. The zero-order valence-corrected chi connectivity index (χ0v) is 11.1. The molecule has 7 heteroatoms. The van der Waals surface area contributed by atoms with Crippen LogP contribution in [0.1, 0.15) is 18.6 Å². The summed E-state index contributed by atoms with van der Waals surface area (Å²) >= 11 is 0. The third-order valence-electron chi connectivity index (χ3n) is 3.02. The highest BCUT2D eigenvalue weighted by Gasteiger charge is 2.13. The number of primary sulfonamides is 1. The molecule has 1 aliphatic heterocycles. The molecule has 102 valence electrons. The van der Waals surface area contributed by atoms with E-state index in [0.717, 1.165) is 13.1 Å². The van der Waals surface area contributed by atoms with Gasteiger partial charge in [0.25, 0.3) is 10.0 Å². The van der Waals surface area contributed by atoms with Crippen LogP contribution in [0.25, 0.3) is 0 Å². The Labute approximate surface area is 107 Å². The summed E-state index contributed by atoms with van der Waals surface area (Å²) in [6.07, 6.45) is 2.58. The van der Waals surface area contributed by atoms with Crippen molar-refractivity contribution in [3.63, 3.8) is 0 Å². The minimum absolute atomic E-state index is 0.182. The van der Waals surface area contributed by atoms with E-state index in [0.29, 0.717) is 12.3 Å². The van der Waals surface area contributed by atoms with Gasteiger partial charge in [0.05, 0.1) is 6.54 Å². The highest BCUT2D eigenvalue weighted by atomic mass is 32.2. The summed E-state index contributed by atoms with van der Waals surface area (Å²) in [7, 11) is -3.73. The van der Waals surface area contributed by atoms with Crippen LogP contribution in [0.15, 0.2) is 21.6 Å². The molecule has 6 nitrogen and oxygen atoms in total. The Morgan fingerprint density at radius 1 is 1.33 bits per heavy atom. The quantitative estimate of drug-likeness (QED) is 0.718. The van der Waals surface area contributed by atoms with Gasteiger partial charge < -0.3 is 14.6 Å². The van der Waals surface area contributed by atoms with Crippen molar-refractivity contribution in [2.75, 3.05) is 26.2 Å². The third kappa shape index (κ3) is 3.81. The number of rotatable bonds is 6. The van der Waals surface area contributed by atoms with Crippen LogP contribution in [0.3, 0.4) is 0 Å². The van der Waals surface area contributed by atoms with E-state index in [2.05, 4.69) is 10.2 Å². The second-order valence-electron chi connectivity index (χ2n) is 4.49. The molecule has 0 atom stereocenters. The molecule has 2 heterocycles. The van der Waals surface area contributed by atoms with E-state index < -0.39 is 10.0 Å². The first-order valence-electron chi connectivity index (χ1n) is 6.10. The van der Waals surface area contributed by atoms with Crippen LogP contribution in [0.5, 0.6) is 0 Å². The largest absolute Gasteiger partial charge is 0.447 e. The summed E-state index contributed by atoms with van der Waals surface area (Å²) in [6.45, 7) is 4.76. The van der Waals surface area contributed by atoms with Gasteiger partial charge in [-0.05, 0) is 38.1 Å². The zero-order valence-electron chi connectivity index (χ0n) is 10.3. The molecule has 0 radical (unpaired) electrons. The Hall–Kier alpha value is -0.890. The minimum Gasteiger partial charge on any atom is -0.447 e. The normalized spacial score (nSPS) is 17.4. The first-order valence-corrected chi connectivity index (χ1v) is 7.65. The van der Waals surface area contributed by atoms with Crippen molar-refractivity contribution in [2.45, 2.75) is 24.5 Å². The van der Waals surface area contributed by atoms with Crippen LogP contribution >= 0.6 is 0 Å². The molecule has 0 unspecified atom stereocenters. The van der Waals surface area contributed by atoms with Crippen LogP contribution in [-0.2, 0) is 16.6 Å². The van der Waals surface area contributed by atoms with Gasteiger partial charge in [0, 0.05) is 13.1 Å². The van der Waals surface area contributed by atoms with Crippen molar-refractivity contribution in [1.29, 1.82) is 0 Å². The molecule has 18 heavy (non-hydrogen) atoms. The van der Waals surface area contributed by atoms with E-state index in [1.807, 2.05) is 0 Å². The molecular formula is C11H19N3O3S. The van der Waals surface area contributed by atoms with E-state index in [4.69, 9.17) is 9.56 Å². The molecule has 0 aromatic carbocycles. The molecule has 1 aliphatic rings. The van der Waals surface area contributed by atoms with Crippen molar-refractivity contribution in [3.05, 3.63) is 17.9 Å². The highest BCUT2D eigenvalue weighted by Crippen LogP contribution is 2.11. The lowest BCUT2D eigenvalue weighted by Crippen LogP contribution is -2.29. The maximum Gasteiger partial charge on any atom is 0.271 e. The van der Waals surface area contributed by atoms with Gasteiger partial charge in [0.1, 0.15) is 5.76 Å². The second-order valence-corrected chi connectivity index (χ2v) is 5.98. The number of hydrogen-bond acceptors (Lipinski definition) is 5. The van der Waals surface area contributed by atoms with Crippen LogP contribution in [0.4, 0.5) is 0 Å². The predicted octanol–water partition coefficient (Wildman–Crippen LogP) is 0.112. The second kappa shape index (κ2) is 5.83. The maximum absolute atomic E-state index is 11.0. The fourth-order valence-electron chi connectivity index (χ4n) is 2.06. The smallest absolute Gasteiger partial charge is 0.271 e. The molecule has 1 saturated heterocycles. The van der Waals surface area contributed by atoms with Gasteiger partial charge in [-0.1, -0.05) is 0 Å². The van der Waals surface area contributed by atoms with E-state index in [1.165, 1.54) is 32.0 Å². The fraction of sp³-hybridized carbons (Fsp3) is 0.636. The zero-order chi connectivity index (χ0) is 13.0. The Morgan fingerprint density at radius 2 is 2.06 bits per heavy atom. The molecular weight excluding hydrogens is 254 g/mol. The Bertz CT molecular complexity index is 477. The van der Waals surface area contributed by atoms with E-state index in [9.17, 15) is 8.42 Å². The molecule has 0 amide bonds. The van der Waals surface area contributed by atoms with Gasteiger partial charge in [-0.15, -0.1) is 0 Å². The number of nitrogens with zero attached hydrogens (tertiary/aromatic N) is 1. The van der Waals surface area contributed by atoms with Gasteiger partial charge in [0.15, 0.2) is 0 Å². The summed E-state index contributed by atoms with van der Waals surface area (Å²) in [5.41, 5.74) is 0. The molecule has 0 spiro atoms. The maximum atomic E-state index is 11.0. The monoisotopic (exact) mass is 273 g/mol. The molecule has 0 bridgehead atoms. The predicted molar refractivity (Wildman–Crippen MR) is 67.5 cm³/mol. The Balaban J connectivity index is 1.71. The lowest BCUT2D eigenvalue weighted by molar-refractivity contribution is 0.330. The molecule has 1 aromatic rings. The van der Waals surface area contributed by atoms with Crippen LogP contribution in [0.2, 0.25) is 0 Å². The number of hydrogen-bond donors (Lipinski definition) is 2. The first kappa shape index (κ1) is 13.5. The van der Waals surface area contributed by atoms with Crippen molar-refractivity contribution < 1.29 is 12.8 Å². The van der Waals surface area contributed by atoms with Gasteiger partial charge in [-0.3, -0.25) is 0 Å². The summed E-state index contributed by atoms with van der Waals surface area (Å²) in [5, 5.41) is 8.00. The Kier molecular flexibility index (Phi) is 4.39. The van der Waals surface area contributed by atoms with Gasteiger partial charge >= 0.3 is 0 Å². The lowest BCUT2D eigenvalue weighted by atomic mass is 10.4. The fourth-order valence-corrected chi connectivity index (χ4v) is 2.54. The number of nitrogens with two attached hydrogens (primary N) is 1. The summed E-state index contributed by atoms with van der Waals surface area (Å²) in [4.78, 5) is 2.41. The number of likely N-dealkylation sites (tertiary alicyclic amines) is 1. The van der Waals surface area contributed by atoms with Crippen molar-refractivity contribution in [1.82, 2.24) is 10.2 Å². The minimum atomic E-state index is -3.73. The standard InChI is InChI=1S/C11H19N3O3S/c12-18(15,16)11-4-3-10(17-11)9-13-5-8-14-6-1-2-7-14/h3-4,13H,1-2,5-9H2,(H2,12,15,16). The SMILES string of the molecule is NS(=O)(=O)c1ccc(CNCCN2CCCC2)o1. The lowest BCUT2D eigenvalue weighted by Gasteiger charge is -2.14. The van der Waals surface area contributed by atoms with Crippen molar-refractivity contribution >= 4 is 10.0 Å². The average molecular weight is 273 g/mol. The van der Waals surface area contributed by atoms with Gasteiger partial charge in [0.2, 0.25) is 5.09 Å². The van der Waals surface area contributed by atoms with Crippen LogP contribution < -0.4 is 10.5 Å². The topological polar surface area (TPSA) is 88.6 Å². The number of furan rings is 1. The van der Waals surface area contributed by atoms with E-state index in [1.54, 1.807) is 6.07 Å². The van der Waals surface area contributed by atoms with Crippen LogP contribution in [-0.4, -0.2) is 39.5 Å². The number of sulfonamides is 1. The van der Waals surface area contributed by atoms with Crippen molar-refractivity contribution in [2.24, 2.45) is 5.14 Å². The van der Waals surface area contributed by atoms with Gasteiger partial charge in [-0.2, -0.15) is 0 Å². The van der Waals surface area contributed by atoms with Gasteiger partial charge in [-0.25, -0.2) is 13.6 Å². The van der Waals surface area contributed by atoms with E-state index >= 15 is 0 Å². The average Bonchev–Trinajstić information content (AvgIpc) is 2.95.